The van der Waals surface area contributed by atoms with Crippen LogP contribution in [0.25, 0.3) is 32.0 Å². The summed E-state index contributed by atoms with van der Waals surface area (Å²) in [6, 6.07) is 35.2. The maximum absolute atomic E-state index is 14.3. The van der Waals surface area contributed by atoms with Crippen molar-refractivity contribution in [2.45, 2.75) is 81.8 Å². The van der Waals surface area contributed by atoms with Gasteiger partial charge in [-0.2, -0.15) is 0 Å². The topological polar surface area (TPSA) is 119 Å². The quantitative estimate of drug-likeness (QED) is 0.131. The Labute approximate surface area is 394 Å². The Balaban J connectivity index is 0.793. The number of amides is 5. The number of hydrogen-bond acceptors (Lipinski definition) is 8. The fraction of sp³-hybridized carbons (Fsp3) is 0.358. The average Bonchev–Trinajstić information content (AvgIpc) is 4.22. The predicted octanol–water partition coefficient (Wildman–Crippen LogP) is 10.3. The Morgan fingerprint density at radius 2 is 0.985 bits per heavy atom. The van der Waals surface area contributed by atoms with Crippen LogP contribution in [0.4, 0.5) is 4.79 Å². The van der Waals surface area contributed by atoms with Gasteiger partial charge in [-0.15, -0.1) is 22.7 Å². The van der Waals surface area contributed by atoms with Crippen molar-refractivity contribution in [2.24, 2.45) is 0 Å². The number of rotatable bonds is 12. The van der Waals surface area contributed by atoms with Gasteiger partial charge in [0.15, 0.2) is 0 Å². The molecule has 10 rings (SSSR count). The number of nitrogens with one attached hydrogen (secondary N) is 1. The Bertz CT molecular complexity index is 2460. The summed E-state index contributed by atoms with van der Waals surface area (Å²) in [4.78, 5) is 74.6. The minimum Gasteiger partial charge on any atom is -0.343 e. The lowest BCUT2D eigenvalue weighted by atomic mass is 9.93. The number of carbonyl (C=O) groups excluding carboxylic acids is 4. The highest BCUT2D eigenvalue weighted by molar-refractivity contribution is 7.15. The maximum Gasteiger partial charge on any atom is 0.318 e. The van der Waals surface area contributed by atoms with Crippen molar-refractivity contribution in [1.82, 2.24) is 34.9 Å². The third-order valence-corrected chi connectivity index (χ3v) is 16.0. The molecule has 4 aliphatic heterocycles. The van der Waals surface area contributed by atoms with Gasteiger partial charge < -0.3 is 24.9 Å². The molecule has 0 spiro atoms. The smallest absolute Gasteiger partial charge is 0.318 e. The summed E-state index contributed by atoms with van der Waals surface area (Å²) in [6.07, 6.45) is 11.5. The van der Waals surface area contributed by atoms with Crippen LogP contribution in [0.1, 0.15) is 103 Å². The summed E-state index contributed by atoms with van der Waals surface area (Å²) in [7, 11) is 0. The summed E-state index contributed by atoms with van der Waals surface area (Å²) in [5, 5.41) is 4.92. The fourth-order valence-corrected chi connectivity index (χ4v) is 12.3. The van der Waals surface area contributed by atoms with Crippen LogP contribution in [0.5, 0.6) is 0 Å². The zero-order valence-electron chi connectivity index (χ0n) is 37.1. The molecule has 4 atom stereocenters. The number of aromatic nitrogens is 2. The first-order valence-corrected chi connectivity index (χ1v) is 25.2. The lowest BCUT2D eigenvalue weighted by molar-refractivity contribution is -0.138. The molecule has 2 aromatic heterocycles. The molecule has 5 amide bonds. The summed E-state index contributed by atoms with van der Waals surface area (Å²) in [5.74, 6) is -0.532. The zero-order chi connectivity index (χ0) is 45.0. The first-order chi connectivity index (χ1) is 32.4. The first kappa shape index (κ1) is 43.7. The van der Waals surface area contributed by atoms with Gasteiger partial charge in [-0.05, 0) is 84.7 Å². The molecule has 66 heavy (non-hydrogen) atoms. The van der Waals surface area contributed by atoms with Gasteiger partial charge in [-0.3, -0.25) is 14.4 Å². The lowest BCUT2D eigenvalue weighted by Gasteiger charge is -2.29. The van der Waals surface area contributed by atoms with Gasteiger partial charge >= 0.3 is 6.03 Å². The number of likely N-dealkylation sites (tertiary alicyclic amines) is 4. The zero-order valence-corrected chi connectivity index (χ0v) is 38.7. The van der Waals surface area contributed by atoms with E-state index in [9.17, 15) is 19.2 Å². The van der Waals surface area contributed by atoms with E-state index in [-0.39, 0.29) is 42.3 Å². The van der Waals surface area contributed by atoms with Gasteiger partial charge in [0.05, 0.1) is 27.8 Å². The normalized spacial score (nSPS) is 19.3. The average molecular weight is 918 g/mol. The van der Waals surface area contributed by atoms with Crippen molar-refractivity contribution in [2.75, 3.05) is 39.3 Å². The Kier molecular flexibility index (Phi) is 13.1. The number of hydrogen-bond donors (Lipinski definition) is 1. The minimum absolute atomic E-state index is 0.0136. The highest BCUT2D eigenvalue weighted by atomic mass is 32.1. The standard InChI is InChI=1S/C53H55N7O4S2/c61-47(57-27-7-8-28-57)33-42(38-13-3-1-4-14-38)51(62)59-31-11-17-43(59)49-54-34-45(65-49)39-23-19-36(20-24-39)37-21-25-40(26-22-37)46-35-55-50(66-46)44-18-12-32-60(44)52(63)48(41-15-5-2-6-16-41)56-53(64)58-29-9-10-30-58/h1-6,13-16,19-26,34-35,42-44,48H,7-12,17-18,27-33H2,(H,56,64)/t42-,43+,44+,48-/m1/s1. The first-order valence-electron chi connectivity index (χ1n) is 23.5. The number of thiazole rings is 2. The van der Waals surface area contributed by atoms with Crippen LogP contribution in [-0.2, 0) is 14.4 Å². The second-order valence-corrected chi connectivity index (χ2v) is 20.0. The largest absolute Gasteiger partial charge is 0.343 e. The molecule has 4 aromatic carbocycles. The van der Waals surface area contributed by atoms with Crippen molar-refractivity contribution < 1.29 is 19.2 Å². The molecule has 4 saturated heterocycles. The van der Waals surface area contributed by atoms with E-state index < -0.39 is 12.0 Å². The van der Waals surface area contributed by atoms with Gasteiger partial charge in [0, 0.05) is 58.1 Å². The third-order valence-electron chi connectivity index (χ3n) is 13.7. The van der Waals surface area contributed by atoms with Crippen LogP contribution in [0, 0.1) is 0 Å². The van der Waals surface area contributed by atoms with E-state index in [1.165, 1.54) is 0 Å². The summed E-state index contributed by atoms with van der Waals surface area (Å²) < 4.78 is 0. The van der Waals surface area contributed by atoms with Gasteiger partial charge in [0.2, 0.25) is 17.7 Å². The number of benzene rings is 4. The second kappa shape index (κ2) is 19.7. The van der Waals surface area contributed by atoms with Gasteiger partial charge in [0.25, 0.3) is 0 Å². The SMILES string of the molecule is O=C(C[C@@H](C(=O)N1CCC[C@H]1c1ncc(-c2ccc(-c3ccc(-c4cnc([C@@H]5CCCN5C(=O)[C@H](NC(=O)N5CCCC5)c5ccccc5)s4)cc3)cc2)s1)c1ccccc1)N1CCCC1. The van der Waals surface area contributed by atoms with Crippen molar-refractivity contribution >= 4 is 46.4 Å². The molecule has 0 radical (unpaired) electrons. The Morgan fingerprint density at radius 3 is 1.50 bits per heavy atom. The molecule has 0 aliphatic carbocycles. The third kappa shape index (κ3) is 9.28. The molecule has 4 aliphatic rings. The van der Waals surface area contributed by atoms with Crippen molar-refractivity contribution in [1.29, 1.82) is 0 Å². The van der Waals surface area contributed by atoms with Crippen LogP contribution in [0.15, 0.2) is 122 Å². The van der Waals surface area contributed by atoms with Crippen LogP contribution < -0.4 is 5.32 Å². The highest BCUT2D eigenvalue weighted by Crippen LogP contribution is 2.42. The lowest BCUT2D eigenvalue weighted by Crippen LogP contribution is -2.46. The van der Waals surface area contributed by atoms with Crippen LogP contribution in [-0.4, -0.2) is 92.6 Å². The molecular weight excluding hydrogens is 863 g/mol. The molecular formula is C53H55N7O4S2. The van der Waals surface area contributed by atoms with E-state index in [0.29, 0.717) is 26.2 Å². The number of nitrogens with zero attached hydrogens (tertiary/aromatic N) is 6. The molecule has 6 aromatic rings. The van der Waals surface area contributed by atoms with E-state index in [1.807, 2.05) is 87.8 Å². The summed E-state index contributed by atoms with van der Waals surface area (Å²) in [6.45, 7) is 4.26. The summed E-state index contributed by atoms with van der Waals surface area (Å²) in [5.41, 5.74) is 6.03. The van der Waals surface area contributed by atoms with Crippen LogP contribution >= 0.6 is 22.7 Å². The molecule has 338 valence electrons. The van der Waals surface area contributed by atoms with E-state index in [2.05, 4.69) is 53.8 Å². The molecule has 13 heteroatoms. The predicted molar refractivity (Wildman–Crippen MR) is 260 cm³/mol. The summed E-state index contributed by atoms with van der Waals surface area (Å²) >= 11 is 3.27. The van der Waals surface area contributed by atoms with E-state index in [4.69, 9.17) is 9.97 Å². The highest BCUT2D eigenvalue weighted by Gasteiger charge is 2.39. The van der Waals surface area contributed by atoms with Crippen molar-refractivity contribution in [3.63, 3.8) is 0 Å². The maximum atomic E-state index is 14.3. The molecule has 1 N–H and O–H groups in total. The molecule has 11 nitrogen and oxygen atoms in total. The van der Waals surface area contributed by atoms with Crippen LogP contribution in [0.2, 0.25) is 0 Å². The van der Waals surface area contributed by atoms with Gasteiger partial charge in [-0.1, -0.05) is 109 Å². The van der Waals surface area contributed by atoms with E-state index >= 15 is 0 Å². The van der Waals surface area contributed by atoms with E-state index in [0.717, 1.165) is 118 Å². The molecule has 0 saturated carbocycles. The Hall–Kier alpha value is -6.18. The molecule has 4 fully saturated rings. The monoisotopic (exact) mass is 917 g/mol. The Morgan fingerprint density at radius 1 is 0.530 bits per heavy atom. The van der Waals surface area contributed by atoms with E-state index in [1.54, 1.807) is 27.6 Å². The van der Waals surface area contributed by atoms with Crippen LogP contribution in [0.3, 0.4) is 0 Å². The second-order valence-electron chi connectivity index (χ2n) is 17.9. The number of carbonyl (C=O) groups is 4. The molecule has 6 heterocycles. The molecule has 0 unspecified atom stereocenters. The fourth-order valence-electron chi connectivity index (χ4n) is 10.1. The number of urea groups is 1. The van der Waals surface area contributed by atoms with Crippen molar-refractivity contribution in [3.8, 4) is 32.0 Å². The van der Waals surface area contributed by atoms with Gasteiger partial charge in [-0.25, -0.2) is 14.8 Å². The minimum atomic E-state index is -0.761. The van der Waals surface area contributed by atoms with Gasteiger partial charge in [0.1, 0.15) is 16.1 Å². The molecule has 0 bridgehead atoms. The van der Waals surface area contributed by atoms with Crippen molar-refractivity contribution in [3.05, 3.63) is 143 Å².